The summed E-state index contributed by atoms with van der Waals surface area (Å²) in [5.74, 6) is 1.92. The van der Waals surface area contributed by atoms with Crippen molar-refractivity contribution in [2.45, 2.75) is 45.3 Å². The first kappa shape index (κ1) is 18.5. The highest BCUT2D eigenvalue weighted by Crippen LogP contribution is 2.26. The molecule has 0 bridgehead atoms. The zero-order valence-corrected chi connectivity index (χ0v) is 15.7. The summed E-state index contributed by atoms with van der Waals surface area (Å²) in [6, 6.07) is 7.31. The zero-order chi connectivity index (χ0) is 18.5. The fraction of sp³-hybridized carbons (Fsp3) is 0.500. The number of piperidine rings is 1. The maximum atomic E-state index is 12.3. The number of benzene rings is 1. The zero-order valence-electron chi connectivity index (χ0n) is 14.9. The van der Waals surface area contributed by atoms with E-state index in [1.165, 1.54) is 0 Å². The molecule has 1 aliphatic heterocycles. The van der Waals surface area contributed by atoms with Gasteiger partial charge in [-0.3, -0.25) is 0 Å². The van der Waals surface area contributed by atoms with Gasteiger partial charge in [-0.25, -0.2) is 4.79 Å². The molecule has 0 unspecified atom stereocenters. The number of aromatic nitrogens is 2. The Kier molecular flexibility index (Phi) is 5.98. The van der Waals surface area contributed by atoms with Gasteiger partial charge in [0, 0.05) is 31.8 Å². The summed E-state index contributed by atoms with van der Waals surface area (Å²) in [5.41, 5.74) is 0. The number of rotatable bonds is 5. The Morgan fingerprint density at radius 2 is 2.12 bits per heavy atom. The van der Waals surface area contributed by atoms with Crippen LogP contribution in [0.5, 0.6) is 5.75 Å². The third-order valence-corrected chi connectivity index (χ3v) is 4.55. The van der Waals surface area contributed by atoms with E-state index in [0.717, 1.165) is 12.8 Å². The van der Waals surface area contributed by atoms with E-state index in [2.05, 4.69) is 15.5 Å². The van der Waals surface area contributed by atoms with Crippen molar-refractivity contribution in [2.75, 3.05) is 13.1 Å². The number of nitrogens with zero attached hydrogens (tertiary/aromatic N) is 3. The predicted molar refractivity (Wildman–Crippen MR) is 97.3 cm³/mol. The lowest BCUT2D eigenvalue weighted by Gasteiger charge is -2.32. The highest BCUT2D eigenvalue weighted by atomic mass is 35.5. The van der Waals surface area contributed by atoms with Crippen LogP contribution in [0, 0.1) is 0 Å². The van der Waals surface area contributed by atoms with Crippen molar-refractivity contribution in [3.05, 3.63) is 41.0 Å². The molecule has 1 aliphatic rings. The number of hydrogen-bond donors (Lipinski definition) is 1. The number of halogens is 1. The molecule has 8 heteroatoms. The summed E-state index contributed by atoms with van der Waals surface area (Å²) < 4.78 is 11.1. The SMILES string of the molecule is CC(C)c1nc(CNC(=O)N2CCC(Oc3ccccc3Cl)CC2)no1. The van der Waals surface area contributed by atoms with Crippen LogP contribution in [0.15, 0.2) is 28.8 Å². The molecule has 140 valence electrons. The first-order valence-electron chi connectivity index (χ1n) is 8.79. The van der Waals surface area contributed by atoms with Crippen LogP contribution in [0.1, 0.15) is 44.3 Å². The molecule has 1 aromatic heterocycles. The topological polar surface area (TPSA) is 80.5 Å². The Bertz CT molecular complexity index is 742. The number of hydrogen-bond acceptors (Lipinski definition) is 5. The van der Waals surface area contributed by atoms with Gasteiger partial charge < -0.3 is 19.5 Å². The molecule has 2 amide bonds. The number of likely N-dealkylation sites (tertiary alicyclic amines) is 1. The Hall–Kier alpha value is -2.28. The fourth-order valence-corrected chi connectivity index (χ4v) is 2.92. The summed E-state index contributed by atoms with van der Waals surface area (Å²) in [7, 11) is 0. The van der Waals surface area contributed by atoms with Crippen molar-refractivity contribution in [1.29, 1.82) is 0 Å². The van der Waals surface area contributed by atoms with E-state index >= 15 is 0 Å². The Labute approximate surface area is 157 Å². The molecule has 0 saturated carbocycles. The minimum atomic E-state index is -0.128. The van der Waals surface area contributed by atoms with E-state index < -0.39 is 0 Å². The van der Waals surface area contributed by atoms with Crippen molar-refractivity contribution in [2.24, 2.45) is 0 Å². The second-order valence-corrected chi connectivity index (χ2v) is 7.00. The molecule has 0 radical (unpaired) electrons. The number of carbonyl (C=O) groups excluding carboxylic acids is 1. The van der Waals surface area contributed by atoms with E-state index in [0.29, 0.717) is 35.6 Å². The van der Waals surface area contributed by atoms with Gasteiger partial charge in [-0.1, -0.05) is 42.7 Å². The number of amides is 2. The number of ether oxygens (including phenoxy) is 1. The maximum Gasteiger partial charge on any atom is 0.317 e. The van der Waals surface area contributed by atoms with Crippen LogP contribution in [0.25, 0.3) is 0 Å². The number of para-hydroxylation sites is 1. The monoisotopic (exact) mass is 378 g/mol. The fourth-order valence-electron chi connectivity index (χ4n) is 2.74. The van der Waals surface area contributed by atoms with Crippen molar-refractivity contribution in [3.8, 4) is 5.75 Å². The van der Waals surface area contributed by atoms with Gasteiger partial charge in [0.05, 0.1) is 11.6 Å². The smallest absolute Gasteiger partial charge is 0.317 e. The van der Waals surface area contributed by atoms with Gasteiger partial charge in [-0.05, 0) is 12.1 Å². The van der Waals surface area contributed by atoms with Crippen LogP contribution in [0.3, 0.4) is 0 Å². The molecule has 1 aromatic carbocycles. The summed E-state index contributed by atoms with van der Waals surface area (Å²) in [4.78, 5) is 18.3. The lowest BCUT2D eigenvalue weighted by Crippen LogP contribution is -2.46. The molecule has 26 heavy (non-hydrogen) atoms. The first-order valence-corrected chi connectivity index (χ1v) is 9.17. The van der Waals surface area contributed by atoms with Crippen molar-refractivity contribution < 1.29 is 14.1 Å². The molecular formula is C18H23ClN4O3. The molecule has 2 heterocycles. The van der Waals surface area contributed by atoms with Crippen LogP contribution >= 0.6 is 11.6 Å². The minimum Gasteiger partial charge on any atom is -0.489 e. The Morgan fingerprint density at radius 1 is 1.38 bits per heavy atom. The molecule has 0 atom stereocenters. The molecule has 0 aliphatic carbocycles. The lowest BCUT2D eigenvalue weighted by molar-refractivity contribution is 0.111. The van der Waals surface area contributed by atoms with Gasteiger partial charge in [0.1, 0.15) is 11.9 Å². The minimum absolute atomic E-state index is 0.0600. The number of nitrogens with one attached hydrogen (secondary N) is 1. The van der Waals surface area contributed by atoms with Gasteiger partial charge >= 0.3 is 6.03 Å². The van der Waals surface area contributed by atoms with Crippen molar-refractivity contribution >= 4 is 17.6 Å². The largest absolute Gasteiger partial charge is 0.489 e. The van der Waals surface area contributed by atoms with Crippen LogP contribution in [-0.4, -0.2) is 40.3 Å². The molecule has 2 aromatic rings. The quantitative estimate of drug-likeness (QED) is 0.859. The highest BCUT2D eigenvalue weighted by molar-refractivity contribution is 6.32. The van der Waals surface area contributed by atoms with Crippen LogP contribution < -0.4 is 10.1 Å². The summed E-state index contributed by atoms with van der Waals surface area (Å²) in [6.45, 7) is 5.47. The standard InChI is InChI=1S/C18H23ClN4O3/c1-12(2)17-21-16(22-26-17)11-20-18(24)23-9-7-13(8-10-23)25-15-6-4-3-5-14(15)19/h3-6,12-13H,7-11H2,1-2H3,(H,20,24). The Morgan fingerprint density at radius 3 is 2.77 bits per heavy atom. The first-order chi connectivity index (χ1) is 12.5. The summed E-state index contributed by atoms with van der Waals surface area (Å²) in [6.07, 6.45) is 1.58. The average molecular weight is 379 g/mol. The van der Waals surface area contributed by atoms with Crippen molar-refractivity contribution in [3.63, 3.8) is 0 Å². The van der Waals surface area contributed by atoms with E-state index in [1.807, 2.05) is 38.1 Å². The van der Waals surface area contributed by atoms with Gasteiger partial charge in [0.15, 0.2) is 5.82 Å². The second-order valence-electron chi connectivity index (χ2n) is 6.60. The number of urea groups is 1. The van der Waals surface area contributed by atoms with Gasteiger partial charge in [-0.2, -0.15) is 4.98 Å². The van der Waals surface area contributed by atoms with Gasteiger partial charge in [0.25, 0.3) is 0 Å². The van der Waals surface area contributed by atoms with E-state index in [-0.39, 0.29) is 24.6 Å². The maximum absolute atomic E-state index is 12.3. The predicted octanol–water partition coefficient (Wildman–Crippen LogP) is 3.60. The molecule has 3 rings (SSSR count). The van der Waals surface area contributed by atoms with Crippen molar-refractivity contribution in [1.82, 2.24) is 20.4 Å². The molecule has 0 spiro atoms. The molecule has 1 N–H and O–H groups in total. The lowest BCUT2D eigenvalue weighted by atomic mass is 10.1. The average Bonchev–Trinajstić information content (AvgIpc) is 3.12. The van der Waals surface area contributed by atoms with Crippen LogP contribution in [0.4, 0.5) is 4.79 Å². The summed E-state index contributed by atoms with van der Waals surface area (Å²) >= 11 is 6.12. The Balaban J connectivity index is 1.43. The van der Waals surface area contributed by atoms with Crippen LogP contribution in [-0.2, 0) is 6.54 Å². The van der Waals surface area contributed by atoms with Crippen LogP contribution in [0.2, 0.25) is 5.02 Å². The highest BCUT2D eigenvalue weighted by Gasteiger charge is 2.24. The van der Waals surface area contributed by atoms with Gasteiger partial charge in [0.2, 0.25) is 5.89 Å². The third kappa shape index (κ3) is 4.66. The third-order valence-electron chi connectivity index (χ3n) is 4.23. The van der Waals surface area contributed by atoms with Gasteiger partial charge in [-0.15, -0.1) is 0 Å². The molecule has 1 fully saturated rings. The van der Waals surface area contributed by atoms with E-state index in [4.69, 9.17) is 20.9 Å². The normalized spacial score (nSPS) is 15.3. The molecular weight excluding hydrogens is 356 g/mol. The molecule has 1 saturated heterocycles. The van der Waals surface area contributed by atoms with E-state index in [1.54, 1.807) is 4.90 Å². The number of carbonyl (C=O) groups is 1. The van der Waals surface area contributed by atoms with E-state index in [9.17, 15) is 4.79 Å². The molecule has 7 nitrogen and oxygen atoms in total. The second kappa shape index (κ2) is 8.40. The summed E-state index contributed by atoms with van der Waals surface area (Å²) in [5, 5.41) is 7.31.